The predicted molar refractivity (Wildman–Crippen MR) is 204 cm³/mol. The number of hydrogen-bond donors (Lipinski definition) is 0. The molecule has 12 heteroatoms. The van der Waals surface area contributed by atoms with Gasteiger partial charge in [-0.25, -0.2) is 0 Å². The summed E-state index contributed by atoms with van der Waals surface area (Å²) in [5.74, 6) is -2.03. The lowest BCUT2D eigenvalue weighted by Crippen LogP contribution is -2.49. The minimum atomic E-state index is -0.269. The summed E-state index contributed by atoms with van der Waals surface area (Å²) in [5.41, 5.74) is 0. The number of ether oxygens (including phenoxy) is 6. The van der Waals surface area contributed by atoms with E-state index in [4.69, 9.17) is 28.4 Å². The third kappa shape index (κ3) is 19.9. The van der Waals surface area contributed by atoms with Crippen LogP contribution in [0.3, 0.4) is 0 Å². The van der Waals surface area contributed by atoms with Gasteiger partial charge < -0.3 is 28.4 Å². The van der Waals surface area contributed by atoms with Gasteiger partial charge in [0.25, 0.3) is 0 Å². The van der Waals surface area contributed by atoms with Crippen LogP contribution in [0.2, 0.25) is 0 Å². The van der Waals surface area contributed by atoms with E-state index in [-0.39, 0.29) is 111 Å². The Morgan fingerprint density at radius 1 is 0.278 bits per heavy atom. The summed E-state index contributed by atoms with van der Waals surface area (Å²) in [7, 11) is 0. The van der Waals surface area contributed by atoms with E-state index in [0.29, 0.717) is 116 Å². The van der Waals surface area contributed by atoms with Crippen molar-refractivity contribution in [2.24, 2.45) is 35.5 Å². The van der Waals surface area contributed by atoms with Gasteiger partial charge in [-0.2, -0.15) is 0 Å². The van der Waals surface area contributed by atoms with Crippen LogP contribution in [-0.4, -0.2) is 75.5 Å². The molecule has 1 aliphatic rings. The molecule has 312 valence electrons. The molecule has 0 spiro atoms. The van der Waals surface area contributed by atoms with Crippen molar-refractivity contribution in [2.45, 2.75) is 157 Å². The van der Waals surface area contributed by atoms with Crippen molar-refractivity contribution in [1.82, 2.24) is 0 Å². The fourth-order valence-corrected chi connectivity index (χ4v) is 7.98. The molecule has 0 aliphatic heterocycles. The average Bonchev–Trinajstić information content (AvgIpc) is 3.11. The van der Waals surface area contributed by atoms with Crippen LogP contribution in [0.15, 0.2) is 0 Å². The molecular weight excluding hydrogens is 696 g/mol. The highest BCUT2D eigenvalue weighted by Gasteiger charge is 2.49. The van der Waals surface area contributed by atoms with Crippen LogP contribution in [0.1, 0.15) is 157 Å². The maximum atomic E-state index is 12.5. The second-order valence-electron chi connectivity index (χ2n) is 14.5. The van der Waals surface area contributed by atoms with E-state index >= 15 is 0 Å². The van der Waals surface area contributed by atoms with Gasteiger partial charge in [0.15, 0.2) is 0 Å². The van der Waals surface area contributed by atoms with Gasteiger partial charge in [-0.05, 0) is 113 Å². The maximum absolute atomic E-state index is 12.5. The summed E-state index contributed by atoms with van der Waals surface area (Å²) in [6, 6.07) is 0. The quantitative estimate of drug-likeness (QED) is 0.0512. The van der Waals surface area contributed by atoms with Crippen molar-refractivity contribution in [3.63, 3.8) is 0 Å². The largest absolute Gasteiger partial charge is 0.466 e. The first kappa shape index (κ1) is 48.8. The van der Waals surface area contributed by atoms with E-state index in [0.717, 1.165) is 0 Å². The highest BCUT2D eigenvalue weighted by Crippen LogP contribution is 2.53. The highest BCUT2D eigenvalue weighted by atomic mass is 16.5. The molecule has 0 aromatic heterocycles. The van der Waals surface area contributed by atoms with Crippen LogP contribution >= 0.6 is 0 Å². The number of hydrogen-bond acceptors (Lipinski definition) is 12. The minimum Gasteiger partial charge on any atom is -0.466 e. The van der Waals surface area contributed by atoms with E-state index < -0.39 is 0 Å². The zero-order chi connectivity index (χ0) is 40.1. The third-order valence-corrected chi connectivity index (χ3v) is 10.3. The van der Waals surface area contributed by atoms with Crippen molar-refractivity contribution >= 4 is 35.8 Å². The number of carbonyl (C=O) groups excluding carboxylic acids is 6. The van der Waals surface area contributed by atoms with Gasteiger partial charge in [0.05, 0.1) is 39.6 Å². The molecule has 1 fully saturated rings. The molecule has 1 aliphatic carbocycles. The molecule has 0 atom stereocenters. The van der Waals surface area contributed by atoms with Crippen LogP contribution in [0.5, 0.6) is 0 Å². The molecule has 1 saturated carbocycles. The van der Waals surface area contributed by atoms with E-state index in [1.807, 2.05) is 41.5 Å². The van der Waals surface area contributed by atoms with Gasteiger partial charge in [-0.3, -0.25) is 28.8 Å². The van der Waals surface area contributed by atoms with Crippen LogP contribution in [-0.2, 0) is 57.2 Å². The van der Waals surface area contributed by atoms with Gasteiger partial charge in [0.2, 0.25) is 0 Å². The molecule has 0 amide bonds. The lowest BCUT2D eigenvalue weighted by Gasteiger charge is -2.53. The number of rotatable bonds is 30. The Balaban J connectivity index is 3.76. The third-order valence-electron chi connectivity index (χ3n) is 10.3. The molecule has 54 heavy (non-hydrogen) atoms. The summed E-state index contributed by atoms with van der Waals surface area (Å²) < 4.78 is 34.3. The Kier molecular flexibility index (Phi) is 27.2. The Hall–Kier alpha value is -3.18. The van der Waals surface area contributed by atoms with Crippen molar-refractivity contribution in [3.8, 4) is 0 Å². The van der Waals surface area contributed by atoms with Crippen LogP contribution in [0.4, 0.5) is 0 Å². The van der Waals surface area contributed by atoms with Crippen LogP contribution in [0.25, 0.3) is 0 Å². The predicted octanol–water partition coefficient (Wildman–Crippen LogP) is 8.10. The SMILES string of the molecule is CCCC(=O)OCCC1C(CCOC(=O)CCC)C(CCOC(=O)CCC)C(CCOC(=O)CCC)C(CCOC(=O)CCC)C1CCOC(=O)CCC. The van der Waals surface area contributed by atoms with Crippen LogP contribution in [0, 0.1) is 35.5 Å². The van der Waals surface area contributed by atoms with Crippen LogP contribution < -0.4 is 0 Å². The smallest absolute Gasteiger partial charge is 0.305 e. The molecule has 12 nitrogen and oxygen atoms in total. The van der Waals surface area contributed by atoms with Crippen molar-refractivity contribution in [3.05, 3.63) is 0 Å². The van der Waals surface area contributed by atoms with Gasteiger partial charge in [-0.1, -0.05) is 41.5 Å². The highest BCUT2D eigenvalue weighted by molar-refractivity contribution is 5.70. The fourth-order valence-electron chi connectivity index (χ4n) is 7.98. The van der Waals surface area contributed by atoms with Crippen molar-refractivity contribution in [2.75, 3.05) is 39.6 Å². The average molecular weight is 769 g/mol. The molecule has 0 N–H and O–H groups in total. The molecule has 0 radical (unpaired) electrons. The molecular formula is C42H72O12. The minimum absolute atomic E-state index is 0.0687. The Morgan fingerprint density at radius 2 is 0.407 bits per heavy atom. The standard InChI is InChI=1S/C42H72O12/c1-7-13-37(43)49-25-19-31-32(20-26-50-38(44)14-8-2)34(22-28-52-40(46)16-10-4)36(24-30-54-42(48)18-12-6)35(23-29-53-41(47)17-11-5)33(31)21-27-51-39(45)15-9-3/h31-36H,7-30H2,1-6H3. The Morgan fingerprint density at radius 3 is 0.519 bits per heavy atom. The molecule has 0 bridgehead atoms. The summed E-state index contributed by atoms with van der Waals surface area (Å²) in [6.45, 7) is 12.7. The molecule has 1 rings (SSSR count). The second-order valence-corrected chi connectivity index (χ2v) is 14.5. The molecule has 0 unspecified atom stereocenters. The maximum Gasteiger partial charge on any atom is 0.305 e. The van der Waals surface area contributed by atoms with Crippen molar-refractivity contribution < 1.29 is 57.2 Å². The monoisotopic (exact) mass is 769 g/mol. The zero-order valence-electron chi connectivity index (χ0n) is 34.3. The first-order valence-electron chi connectivity index (χ1n) is 21.0. The van der Waals surface area contributed by atoms with Crippen molar-refractivity contribution in [1.29, 1.82) is 0 Å². The van der Waals surface area contributed by atoms with E-state index in [9.17, 15) is 28.8 Å². The Labute approximate surface area is 324 Å². The summed E-state index contributed by atoms with van der Waals surface area (Å²) in [4.78, 5) is 75.0. The summed E-state index contributed by atoms with van der Waals surface area (Å²) in [6.07, 6.45) is 9.02. The molecule has 0 aromatic rings. The molecule has 0 heterocycles. The summed E-state index contributed by atoms with van der Waals surface area (Å²) in [5, 5.41) is 0. The first-order valence-corrected chi connectivity index (χ1v) is 21.0. The van der Waals surface area contributed by atoms with Gasteiger partial charge in [0.1, 0.15) is 0 Å². The van der Waals surface area contributed by atoms with E-state index in [1.165, 1.54) is 0 Å². The van der Waals surface area contributed by atoms with Gasteiger partial charge in [-0.15, -0.1) is 0 Å². The van der Waals surface area contributed by atoms with Gasteiger partial charge >= 0.3 is 35.8 Å². The van der Waals surface area contributed by atoms with E-state index in [1.54, 1.807) is 0 Å². The zero-order valence-corrected chi connectivity index (χ0v) is 34.3. The van der Waals surface area contributed by atoms with E-state index in [2.05, 4.69) is 0 Å². The lowest BCUT2D eigenvalue weighted by atomic mass is 9.53. The molecule has 0 saturated heterocycles. The number of esters is 6. The molecule has 0 aromatic carbocycles. The Bertz CT molecular complexity index is 862. The number of carbonyl (C=O) groups is 6. The normalized spacial score (nSPS) is 20.8. The second kappa shape index (κ2) is 30.1. The lowest BCUT2D eigenvalue weighted by molar-refractivity contribution is -0.153. The topological polar surface area (TPSA) is 158 Å². The first-order chi connectivity index (χ1) is 26.1. The summed E-state index contributed by atoms with van der Waals surface area (Å²) >= 11 is 0. The fraction of sp³-hybridized carbons (Fsp3) is 0.857. The van der Waals surface area contributed by atoms with Gasteiger partial charge in [0, 0.05) is 38.5 Å².